The fourth-order valence-electron chi connectivity index (χ4n) is 4.20. The Labute approximate surface area is 123 Å². The average Bonchev–Trinajstić information content (AvgIpc) is 3.05. The maximum absolute atomic E-state index is 5.72. The smallest absolute Gasteiger partial charge is 0.0700 e. The van der Waals surface area contributed by atoms with Crippen LogP contribution in [0.15, 0.2) is 0 Å². The van der Waals surface area contributed by atoms with Gasteiger partial charge in [0.05, 0.1) is 19.8 Å². The lowest BCUT2D eigenvalue weighted by atomic mass is 9.71. The molecule has 0 aromatic heterocycles. The zero-order valence-corrected chi connectivity index (χ0v) is 13.2. The van der Waals surface area contributed by atoms with E-state index >= 15 is 0 Å². The van der Waals surface area contributed by atoms with Crippen LogP contribution in [-0.4, -0.2) is 53.7 Å². The van der Waals surface area contributed by atoms with Crippen molar-refractivity contribution in [2.24, 2.45) is 17.3 Å². The molecule has 2 rings (SSSR count). The predicted octanol–water partition coefficient (Wildman–Crippen LogP) is 2.08. The highest BCUT2D eigenvalue weighted by molar-refractivity contribution is 5.01. The van der Waals surface area contributed by atoms with Gasteiger partial charge in [-0.05, 0) is 42.9 Å². The van der Waals surface area contributed by atoms with E-state index in [4.69, 9.17) is 14.2 Å². The van der Waals surface area contributed by atoms with E-state index in [0.717, 1.165) is 44.7 Å². The number of rotatable bonds is 11. The molecular formula is C16H31NO3. The van der Waals surface area contributed by atoms with E-state index < -0.39 is 0 Å². The minimum atomic E-state index is 0.476. The van der Waals surface area contributed by atoms with Crippen molar-refractivity contribution >= 4 is 0 Å². The molecule has 2 aliphatic rings. The summed E-state index contributed by atoms with van der Waals surface area (Å²) in [7, 11) is 3.49. The van der Waals surface area contributed by atoms with Gasteiger partial charge in [-0.15, -0.1) is 0 Å². The summed E-state index contributed by atoms with van der Waals surface area (Å²) in [6.45, 7) is 5.18. The van der Waals surface area contributed by atoms with Crippen molar-refractivity contribution in [1.82, 2.24) is 5.32 Å². The van der Waals surface area contributed by atoms with Crippen molar-refractivity contribution in [3.63, 3.8) is 0 Å². The van der Waals surface area contributed by atoms with Gasteiger partial charge in [-0.2, -0.15) is 0 Å². The lowest BCUT2D eigenvalue weighted by Gasteiger charge is -2.38. The Morgan fingerprint density at radius 2 is 1.90 bits per heavy atom. The average molecular weight is 285 g/mol. The fraction of sp³-hybridized carbons (Fsp3) is 1.00. The first-order chi connectivity index (χ1) is 9.80. The van der Waals surface area contributed by atoms with Gasteiger partial charge in [0.2, 0.25) is 0 Å². The van der Waals surface area contributed by atoms with E-state index in [1.165, 1.54) is 32.1 Å². The molecule has 3 unspecified atom stereocenters. The summed E-state index contributed by atoms with van der Waals surface area (Å²) in [5.74, 6) is 1.89. The number of hydrogen-bond donors (Lipinski definition) is 1. The summed E-state index contributed by atoms with van der Waals surface area (Å²) < 4.78 is 15.9. The SMILES string of the molecule is COCCNCC1(CCOCCOC)CC2CCC1C2. The third-order valence-corrected chi connectivity index (χ3v) is 5.24. The van der Waals surface area contributed by atoms with Crippen LogP contribution >= 0.6 is 0 Å². The Kier molecular flexibility index (Phi) is 6.75. The normalized spacial score (nSPS) is 32.1. The highest BCUT2D eigenvalue weighted by Gasteiger charge is 2.49. The van der Waals surface area contributed by atoms with Gasteiger partial charge in [0.15, 0.2) is 0 Å². The zero-order chi connectivity index (χ0) is 14.3. The van der Waals surface area contributed by atoms with Gasteiger partial charge in [0.1, 0.15) is 0 Å². The minimum absolute atomic E-state index is 0.476. The summed E-state index contributed by atoms with van der Waals surface area (Å²) in [5, 5.41) is 3.60. The maximum atomic E-state index is 5.72. The van der Waals surface area contributed by atoms with E-state index in [9.17, 15) is 0 Å². The standard InChI is InChI=1S/C16H31NO3/c1-18-8-6-17-13-16(5-7-20-10-9-19-2)12-14-3-4-15(16)11-14/h14-15,17H,3-13H2,1-2H3. The molecule has 4 heteroatoms. The van der Waals surface area contributed by atoms with Crippen molar-refractivity contribution < 1.29 is 14.2 Å². The van der Waals surface area contributed by atoms with Crippen molar-refractivity contribution in [3.8, 4) is 0 Å². The van der Waals surface area contributed by atoms with E-state index in [0.29, 0.717) is 12.0 Å². The lowest BCUT2D eigenvalue weighted by molar-refractivity contribution is 0.0352. The third-order valence-electron chi connectivity index (χ3n) is 5.24. The Bertz CT molecular complexity index is 274. The molecule has 2 fully saturated rings. The molecule has 4 nitrogen and oxygen atoms in total. The van der Waals surface area contributed by atoms with Gasteiger partial charge in [-0.3, -0.25) is 0 Å². The van der Waals surface area contributed by atoms with Gasteiger partial charge in [0.25, 0.3) is 0 Å². The molecule has 0 saturated heterocycles. The molecule has 2 saturated carbocycles. The van der Waals surface area contributed by atoms with Crippen LogP contribution in [0.5, 0.6) is 0 Å². The first kappa shape index (κ1) is 16.2. The van der Waals surface area contributed by atoms with Crippen LogP contribution in [0.3, 0.4) is 0 Å². The van der Waals surface area contributed by atoms with Crippen LogP contribution < -0.4 is 5.32 Å². The van der Waals surface area contributed by atoms with Crippen LogP contribution in [0, 0.1) is 17.3 Å². The summed E-state index contributed by atoms with van der Waals surface area (Å²) in [6, 6.07) is 0. The Hall–Kier alpha value is -0.160. The highest BCUT2D eigenvalue weighted by Crippen LogP contribution is 2.57. The topological polar surface area (TPSA) is 39.7 Å². The van der Waals surface area contributed by atoms with Gasteiger partial charge < -0.3 is 19.5 Å². The second kappa shape index (κ2) is 8.32. The molecular weight excluding hydrogens is 254 g/mol. The first-order valence-corrected chi connectivity index (χ1v) is 8.07. The molecule has 0 aromatic rings. The van der Waals surface area contributed by atoms with Crippen LogP contribution in [-0.2, 0) is 14.2 Å². The van der Waals surface area contributed by atoms with Crippen molar-refractivity contribution in [2.45, 2.75) is 32.1 Å². The van der Waals surface area contributed by atoms with Crippen LogP contribution in [0.1, 0.15) is 32.1 Å². The zero-order valence-electron chi connectivity index (χ0n) is 13.2. The van der Waals surface area contributed by atoms with Crippen LogP contribution in [0.4, 0.5) is 0 Å². The number of fused-ring (bicyclic) bond motifs is 2. The molecule has 2 bridgehead atoms. The maximum Gasteiger partial charge on any atom is 0.0700 e. The van der Waals surface area contributed by atoms with E-state index in [2.05, 4.69) is 5.32 Å². The molecule has 2 aliphatic carbocycles. The van der Waals surface area contributed by atoms with Crippen molar-refractivity contribution in [1.29, 1.82) is 0 Å². The molecule has 118 valence electrons. The quantitative estimate of drug-likeness (QED) is 0.590. The molecule has 0 amide bonds. The van der Waals surface area contributed by atoms with E-state index in [1.54, 1.807) is 14.2 Å². The number of ether oxygens (including phenoxy) is 3. The first-order valence-electron chi connectivity index (χ1n) is 8.07. The molecule has 0 aliphatic heterocycles. The van der Waals surface area contributed by atoms with E-state index in [-0.39, 0.29) is 0 Å². The fourth-order valence-corrected chi connectivity index (χ4v) is 4.20. The monoisotopic (exact) mass is 285 g/mol. The van der Waals surface area contributed by atoms with Gasteiger partial charge in [0, 0.05) is 33.9 Å². The molecule has 0 aromatic carbocycles. The number of nitrogens with one attached hydrogen (secondary N) is 1. The predicted molar refractivity (Wildman–Crippen MR) is 79.9 cm³/mol. The summed E-state index contributed by atoms with van der Waals surface area (Å²) in [5.41, 5.74) is 0.476. The highest BCUT2D eigenvalue weighted by atomic mass is 16.5. The Balaban J connectivity index is 1.75. The second-order valence-corrected chi connectivity index (χ2v) is 6.47. The van der Waals surface area contributed by atoms with Gasteiger partial charge in [-0.25, -0.2) is 0 Å². The van der Waals surface area contributed by atoms with Crippen LogP contribution in [0.2, 0.25) is 0 Å². The van der Waals surface area contributed by atoms with E-state index in [1.807, 2.05) is 0 Å². The molecule has 1 N–H and O–H groups in total. The molecule has 0 heterocycles. The molecule has 0 radical (unpaired) electrons. The second-order valence-electron chi connectivity index (χ2n) is 6.47. The molecule has 3 atom stereocenters. The Morgan fingerprint density at radius 3 is 2.55 bits per heavy atom. The lowest BCUT2D eigenvalue weighted by Crippen LogP contribution is -2.40. The number of hydrogen-bond acceptors (Lipinski definition) is 4. The molecule has 0 spiro atoms. The van der Waals surface area contributed by atoms with Crippen molar-refractivity contribution in [2.75, 3.05) is 53.7 Å². The van der Waals surface area contributed by atoms with Gasteiger partial charge >= 0.3 is 0 Å². The minimum Gasteiger partial charge on any atom is -0.383 e. The summed E-state index contributed by atoms with van der Waals surface area (Å²) in [4.78, 5) is 0. The summed E-state index contributed by atoms with van der Waals surface area (Å²) >= 11 is 0. The third kappa shape index (κ3) is 4.17. The largest absolute Gasteiger partial charge is 0.383 e. The van der Waals surface area contributed by atoms with Crippen molar-refractivity contribution in [3.05, 3.63) is 0 Å². The Morgan fingerprint density at radius 1 is 1.05 bits per heavy atom. The van der Waals surface area contributed by atoms with Crippen LogP contribution in [0.25, 0.3) is 0 Å². The molecule has 20 heavy (non-hydrogen) atoms. The van der Waals surface area contributed by atoms with Gasteiger partial charge in [-0.1, -0.05) is 6.42 Å². The number of methoxy groups -OCH3 is 2. The summed E-state index contributed by atoms with van der Waals surface area (Å²) in [6.07, 6.45) is 6.91.